The lowest BCUT2D eigenvalue weighted by atomic mass is 9.95. The van der Waals surface area contributed by atoms with Crippen molar-refractivity contribution in [3.63, 3.8) is 0 Å². The summed E-state index contributed by atoms with van der Waals surface area (Å²) in [7, 11) is 1.64. The van der Waals surface area contributed by atoms with Crippen molar-refractivity contribution >= 4 is 23.7 Å². The maximum Gasteiger partial charge on any atom is 0.321 e. The second-order valence-electron chi connectivity index (χ2n) is 7.03. The van der Waals surface area contributed by atoms with E-state index in [1.54, 1.807) is 13.2 Å². The van der Waals surface area contributed by atoms with Gasteiger partial charge in [0.05, 0.1) is 12.9 Å². The fourth-order valence-corrected chi connectivity index (χ4v) is 4.29. The predicted octanol–water partition coefficient (Wildman–Crippen LogP) is 3.56. The van der Waals surface area contributed by atoms with Crippen LogP contribution in [-0.4, -0.2) is 46.1 Å². The summed E-state index contributed by atoms with van der Waals surface area (Å²) in [4.78, 5) is 23.8. The van der Waals surface area contributed by atoms with E-state index in [-0.39, 0.29) is 11.7 Å². The first-order valence-electron chi connectivity index (χ1n) is 10.0. The van der Waals surface area contributed by atoms with Gasteiger partial charge in [-0.3, -0.25) is 14.7 Å². The summed E-state index contributed by atoms with van der Waals surface area (Å²) in [6.07, 6.45) is 7.24. The molecule has 30 heavy (non-hydrogen) atoms. The Bertz CT molecular complexity index is 875. The summed E-state index contributed by atoms with van der Waals surface area (Å²) in [5.41, 5.74) is 0.953. The van der Waals surface area contributed by atoms with Crippen LogP contribution in [0, 0.1) is 0 Å². The number of methoxy groups -OCH3 is 1. The minimum absolute atomic E-state index is 0.0783. The zero-order chi connectivity index (χ0) is 21.3. The number of nitrogens with zero attached hydrogens (tertiary/aromatic N) is 3. The Morgan fingerprint density at radius 2 is 1.97 bits per heavy atom. The first-order valence-corrected chi connectivity index (χ1v) is 11.0. The second kappa shape index (κ2) is 10.8. The Morgan fingerprint density at radius 3 is 2.63 bits per heavy atom. The summed E-state index contributed by atoms with van der Waals surface area (Å²) >= 11 is 1.29. The van der Waals surface area contributed by atoms with Crippen molar-refractivity contribution in [1.82, 2.24) is 25.4 Å². The molecule has 3 rings (SSSR count). The van der Waals surface area contributed by atoms with Gasteiger partial charge >= 0.3 is 6.03 Å². The third-order valence-corrected chi connectivity index (χ3v) is 5.89. The van der Waals surface area contributed by atoms with Crippen LogP contribution >= 0.6 is 11.8 Å². The highest BCUT2D eigenvalue weighted by atomic mass is 32.2. The molecule has 1 fully saturated rings. The number of hydrogen-bond acceptors (Lipinski definition) is 6. The van der Waals surface area contributed by atoms with E-state index in [0.29, 0.717) is 17.7 Å². The lowest BCUT2D eigenvalue weighted by Gasteiger charge is -2.25. The van der Waals surface area contributed by atoms with Gasteiger partial charge in [0.15, 0.2) is 11.0 Å². The highest BCUT2D eigenvalue weighted by Gasteiger charge is 2.24. The molecule has 0 aliphatic heterocycles. The quantitative estimate of drug-likeness (QED) is 0.492. The van der Waals surface area contributed by atoms with Crippen LogP contribution in [0.1, 0.15) is 38.1 Å². The van der Waals surface area contributed by atoms with Crippen LogP contribution in [0.3, 0.4) is 0 Å². The van der Waals surface area contributed by atoms with Crippen molar-refractivity contribution in [3.05, 3.63) is 36.9 Å². The molecule has 9 heteroatoms. The van der Waals surface area contributed by atoms with Crippen molar-refractivity contribution in [3.8, 4) is 17.1 Å². The number of nitrogens with one attached hydrogen (secondary N) is 2. The molecule has 0 bridgehead atoms. The Hall–Kier alpha value is -2.81. The van der Waals surface area contributed by atoms with Gasteiger partial charge in [-0.05, 0) is 37.1 Å². The van der Waals surface area contributed by atoms with Crippen molar-refractivity contribution in [2.24, 2.45) is 0 Å². The van der Waals surface area contributed by atoms with E-state index in [1.165, 1.54) is 31.0 Å². The predicted molar refractivity (Wildman–Crippen MR) is 117 cm³/mol. The van der Waals surface area contributed by atoms with E-state index in [1.807, 2.05) is 24.3 Å². The van der Waals surface area contributed by atoms with Crippen LogP contribution in [0.25, 0.3) is 11.4 Å². The van der Waals surface area contributed by atoms with E-state index in [4.69, 9.17) is 4.74 Å². The van der Waals surface area contributed by atoms with Gasteiger partial charge in [0.25, 0.3) is 0 Å². The summed E-state index contributed by atoms with van der Waals surface area (Å²) < 4.78 is 7.40. The highest BCUT2D eigenvalue weighted by molar-refractivity contribution is 7.99. The van der Waals surface area contributed by atoms with Gasteiger partial charge in [-0.2, -0.15) is 0 Å². The molecule has 1 aliphatic rings. The number of carbonyl (C=O) groups is 2. The van der Waals surface area contributed by atoms with Gasteiger partial charge in [0.1, 0.15) is 5.75 Å². The highest BCUT2D eigenvalue weighted by Crippen LogP contribution is 2.35. The Morgan fingerprint density at radius 1 is 1.23 bits per heavy atom. The van der Waals surface area contributed by atoms with Crippen LogP contribution in [-0.2, 0) is 4.79 Å². The topological polar surface area (TPSA) is 98.1 Å². The Balaban J connectivity index is 1.76. The fourth-order valence-electron chi connectivity index (χ4n) is 3.48. The van der Waals surface area contributed by atoms with Crippen molar-refractivity contribution in [2.75, 3.05) is 19.4 Å². The van der Waals surface area contributed by atoms with Gasteiger partial charge in [-0.15, -0.1) is 16.8 Å². The molecule has 0 radical (unpaired) electrons. The Labute approximate surface area is 180 Å². The maximum atomic E-state index is 12.1. The maximum absolute atomic E-state index is 12.1. The molecule has 1 aromatic carbocycles. The van der Waals surface area contributed by atoms with E-state index < -0.39 is 6.03 Å². The normalized spacial score (nSPS) is 14.2. The van der Waals surface area contributed by atoms with E-state index in [2.05, 4.69) is 32.0 Å². The minimum Gasteiger partial charge on any atom is -0.497 e. The zero-order valence-electron chi connectivity index (χ0n) is 17.1. The molecule has 2 N–H and O–H groups in total. The number of carbonyl (C=O) groups excluding carboxylic acids is 2. The third kappa shape index (κ3) is 5.63. The van der Waals surface area contributed by atoms with Crippen molar-refractivity contribution in [2.45, 2.75) is 43.3 Å². The molecule has 0 unspecified atom stereocenters. The number of benzene rings is 1. The summed E-state index contributed by atoms with van der Waals surface area (Å²) in [6.45, 7) is 3.82. The van der Waals surface area contributed by atoms with Crippen LogP contribution in [0.15, 0.2) is 42.1 Å². The van der Waals surface area contributed by atoms with Gasteiger partial charge in [-0.1, -0.05) is 37.1 Å². The van der Waals surface area contributed by atoms with Gasteiger partial charge in [0.2, 0.25) is 5.91 Å². The summed E-state index contributed by atoms with van der Waals surface area (Å²) in [5, 5.41) is 14.3. The molecule has 3 amide bonds. The number of imide groups is 1. The fraction of sp³-hybridized carbons (Fsp3) is 0.429. The molecule has 0 spiro atoms. The second-order valence-corrected chi connectivity index (χ2v) is 7.97. The molecule has 1 heterocycles. The number of thioether (sulfide) groups is 1. The largest absolute Gasteiger partial charge is 0.497 e. The average molecular weight is 430 g/mol. The van der Waals surface area contributed by atoms with Gasteiger partial charge in [-0.25, -0.2) is 4.79 Å². The molecule has 2 aromatic rings. The smallest absolute Gasteiger partial charge is 0.321 e. The number of rotatable bonds is 8. The number of amides is 3. The van der Waals surface area contributed by atoms with E-state index >= 15 is 0 Å². The molecule has 160 valence electrons. The third-order valence-electron chi connectivity index (χ3n) is 4.94. The van der Waals surface area contributed by atoms with Crippen LogP contribution < -0.4 is 15.4 Å². The molecule has 0 atom stereocenters. The average Bonchev–Trinajstić information content (AvgIpc) is 3.21. The first-order chi connectivity index (χ1) is 14.6. The number of aromatic nitrogens is 3. The van der Waals surface area contributed by atoms with E-state index in [9.17, 15) is 9.59 Å². The first kappa shape index (κ1) is 21.9. The monoisotopic (exact) mass is 429 g/mol. The van der Waals surface area contributed by atoms with Gasteiger partial charge < -0.3 is 10.1 Å². The molecule has 1 aromatic heterocycles. The molecular weight excluding hydrogens is 402 g/mol. The number of hydrogen-bond donors (Lipinski definition) is 2. The van der Waals surface area contributed by atoms with Crippen molar-refractivity contribution in [1.29, 1.82) is 0 Å². The minimum atomic E-state index is -0.534. The number of ether oxygens (including phenoxy) is 1. The van der Waals surface area contributed by atoms with Crippen LogP contribution in [0.2, 0.25) is 0 Å². The lowest BCUT2D eigenvalue weighted by Crippen LogP contribution is -2.40. The van der Waals surface area contributed by atoms with Crippen LogP contribution in [0.5, 0.6) is 5.75 Å². The zero-order valence-corrected chi connectivity index (χ0v) is 17.9. The summed E-state index contributed by atoms with van der Waals surface area (Å²) in [6, 6.07) is 7.50. The Kier molecular flexibility index (Phi) is 7.89. The molecular formula is C21H27N5O3S. The summed E-state index contributed by atoms with van der Waals surface area (Å²) in [5.74, 6) is 1.26. The standard InChI is InChI=1S/C21H27N5O3S/c1-3-13-22-20(28)23-18(27)14-30-21-25-24-19(15-9-11-17(29-2)12-10-15)26(21)16-7-5-4-6-8-16/h3,9-12,16H,1,4-8,13-14H2,2H3,(H2,22,23,27,28). The number of urea groups is 1. The lowest BCUT2D eigenvalue weighted by molar-refractivity contribution is -0.117. The SMILES string of the molecule is C=CCNC(=O)NC(=O)CSc1nnc(-c2ccc(OC)cc2)n1C1CCCCC1. The van der Waals surface area contributed by atoms with Crippen molar-refractivity contribution < 1.29 is 14.3 Å². The molecule has 8 nitrogen and oxygen atoms in total. The molecule has 1 saturated carbocycles. The van der Waals surface area contributed by atoms with E-state index in [0.717, 1.165) is 30.0 Å². The van der Waals surface area contributed by atoms with Gasteiger partial charge in [0, 0.05) is 18.2 Å². The molecule has 1 aliphatic carbocycles. The molecule has 0 saturated heterocycles. The van der Waals surface area contributed by atoms with Crippen LogP contribution in [0.4, 0.5) is 4.79 Å².